The van der Waals surface area contributed by atoms with Crippen LogP contribution in [-0.2, 0) is 0 Å². The number of hydrogen-bond acceptors (Lipinski definition) is 6. The highest BCUT2D eigenvalue weighted by Gasteiger charge is 2.11. The molecule has 118 valence electrons. The molecule has 0 amide bonds. The number of nitrogens with one attached hydrogen (secondary N) is 1. The van der Waals surface area contributed by atoms with Gasteiger partial charge in [-0.2, -0.15) is 4.98 Å². The summed E-state index contributed by atoms with van der Waals surface area (Å²) < 4.78 is 1.63. The topological polar surface area (TPSA) is 88.2 Å². The second kappa shape index (κ2) is 5.78. The van der Waals surface area contributed by atoms with Gasteiger partial charge in [0.1, 0.15) is 5.69 Å². The van der Waals surface area contributed by atoms with E-state index in [-0.39, 0.29) is 5.88 Å². The van der Waals surface area contributed by atoms with Gasteiger partial charge in [0.25, 0.3) is 0 Å². The summed E-state index contributed by atoms with van der Waals surface area (Å²) in [5.41, 5.74) is 2.78. The molecule has 0 aliphatic rings. The molecule has 0 radical (unpaired) electrons. The van der Waals surface area contributed by atoms with Crippen molar-refractivity contribution in [1.82, 2.24) is 24.6 Å². The molecule has 7 nitrogen and oxygen atoms in total. The van der Waals surface area contributed by atoms with Crippen LogP contribution >= 0.6 is 11.6 Å². The van der Waals surface area contributed by atoms with Crippen LogP contribution in [0, 0.1) is 0 Å². The van der Waals surface area contributed by atoms with E-state index in [1.165, 1.54) is 6.07 Å². The van der Waals surface area contributed by atoms with Crippen molar-refractivity contribution in [3.63, 3.8) is 0 Å². The van der Waals surface area contributed by atoms with E-state index in [4.69, 9.17) is 11.6 Å². The molecule has 4 aromatic rings. The third-order valence-corrected chi connectivity index (χ3v) is 3.63. The molecule has 0 fully saturated rings. The van der Waals surface area contributed by atoms with Gasteiger partial charge in [-0.1, -0.05) is 11.6 Å². The zero-order chi connectivity index (χ0) is 16.5. The van der Waals surface area contributed by atoms with Gasteiger partial charge in [0.2, 0.25) is 11.8 Å². The van der Waals surface area contributed by atoms with Crippen LogP contribution in [0.1, 0.15) is 0 Å². The van der Waals surface area contributed by atoms with Gasteiger partial charge in [-0.05, 0) is 30.3 Å². The van der Waals surface area contributed by atoms with Crippen LogP contribution < -0.4 is 5.32 Å². The lowest BCUT2D eigenvalue weighted by Crippen LogP contribution is -1.93. The number of nitrogens with zero attached hydrogens (tertiary/aromatic N) is 5. The predicted octanol–water partition coefficient (Wildman–Crippen LogP) is 3.29. The van der Waals surface area contributed by atoms with Crippen LogP contribution in [0.2, 0.25) is 5.02 Å². The second-order valence-corrected chi connectivity index (χ2v) is 5.45. The minimum absolute atomic E-state index is 0.0442. The molecular weight excluding hydrogens is 328 g/mol. The molecule has 0 saturated heterocycles. The van der Waals surface area contributed by atoms with Crippen LogP contribution in [0.5, 0.6) is 5.88 Å². The summed E-state index contributed by atoms with van der Waals surface area (Å²) in [4.78, 5) is 12.7. The van der Waals surface area contributed by atoms with Crippen molar-refractivity contribution in [2.24, 2.45) is 0 Å². The molecule has 0 unspecified atom stereocenters. The molecule has 1 aromatic carbocycles. The van der Waals surface area contributed by atoms with Gasteiger partial charge in [-0.15, -0.1) is 5.10 Å². The van der Waals surface area contributed by atoms with E-state index in [0.29, 0.717) is 22.3 Å². The smallest absolute Gasteiger partial charge is 0.247 e. The van der Waals surface area contributed by atoms with Gasteiger partial charge < -0.3 is 10.4 Å². The maximum absolute atomic E-state index is 9.32. The molecule has 3 aromatic heterocycles. The van der Waals surface area contributed by atoms with E-state index in [0.717, 1.165) is 11.3 Å². The van der Waals surface area contributed by atoms with E-state index in [1.54, 1.807) is 41.3 Å². The van der Waals surface area contributed by atoms with Gasteiger partial charge in [0.15, 0.2) is 5.65 Å². The molecule has 0 bridgehead atoms. The number of fused-ring (bicyclic) bond motifs is 1. The third kappa shape index (κ3) is 2.72. The monoisotopic (exact) mass is 338 g/mol. The van der Waals surface area contributed by atoms with Crippen LogP contribution in [0.25, 0.3) is 16.9 Å². The number of aromatic nitrogens is 5. The molecule has 24 heavy (non-hydrogen) atoms. The van der Waals surface area contributed by atoms with Gasteiger partial charge in [0.05, 0.1) is 0 Å². The second-order valence-electron chi connectivity index (χ2n) is 5.02. The summed E-state index contributed by atoms with van der Waals surface area (Å²) in [7, 11) is 0. The van der Waals surface area contributed by atoms with Crippen molar-refractivity contribution < 1.29 is 5.11 Å². The minimum Gasteiger partial charge on any atom is -0.493 e. The lowest BCUT2D eigenvalue weighted by atomic mass is 10.2. The summed E-state index contributed by atoms with van der Waals surface area (Å²) in [6.45, 7) is 0. The van der Waals surface area contributed by atoms with E-state index < -0.39 is 0 Å². The lowest BCUT2D eigenvalue weighted by molar-refractivity contribution is 0.453. The van der Waals surface area contributed by atoms with Crippen LogP contribution in [-0.4, -0.2) is 29.7 Å². The first-order valence-corrected chi connectivity index (χ1v) is 7.46. The molecule has 2 N–H and O–H groups in total. The number of halogens is 1. The first-order valence-electron chi connectivity index (χ1n) is 7.08. The number of hydrogen-bond donors (Lipinski definition) is 2. The molecule has 4 rings (SSSR count). The SMILES string of the molecule is Oc1ccc(-c2nccn3nc(Nc4ccc(Cl)cc4)nc23)cn1. The standard InChI is InChI=1S/C16H11ClN6O/c17-11-2-4-12(5-3-11)20-16-21-15-14(18-7-8-23(15)22-16)10-1-6-13(24)19-9-10/h1-9H,(H,19,24)(H,20,22). The maximum Gasteiger partial charge on any atom is 0.247 e. The fraction of sp³-hybridized carbons (Fsp3) is 0. The zero-order valence-electron chi connectivity index (χ0n) is 12.3. The molecule has 8 heteroatoms. The first kappa shape index (κ1) is 14.4. The number of pyridine rings is 1. The first-order chi connectivity index (χ1) is 11.7. The summed E-state index contributed by atoms with van der Waals surface area (Å²) >= 11 is 5.88. The van der Waals surface area contributed by atoms with Gasteiger partial charge in [-0.3, -0.25) is 4.98 Å². The third-order valence-electron chi connectivity index (χ3n) is 3.38. The van der Waals surface area contributed by atoms with Crippen molar-refractivity contribution >= 4 is 28.9 Å². The average molecular weight is 339 g/mol. The maximum atomic E-state index is 9.32. The van der Waals surface area contributed by atoms with E-state index >= 15 is 0 Å². The number of rotatable bonds is 3. The Morgan fingerprint density at radius 2 is 1.88 bits per heavy atom. The predicted molar refractivity (Wildman–Crippen MR) is 90.4 cm³/mol. The Morgan fingerprint density at radius 1 is 1.04 bits per heavy atom. The summed E-state index contributed by atoms with van der Waals surface area (Å²) in [5.74, 6) is 0.399. The fourth-order valence-corrected chi connectivity index (χ4v) is 2.39. The quantitative estimate of drug-likeness (QED) is 0.596. The highest BCUT2D eigenvalue weighted by molar-refractivity contribution is 6.30. The summed E-state index contributed by atoms with van der Waals surface area (Å²) in [6, 6.07) is 10.5. The summed E-state index contributed by atoms with van der Waals surface area (Å²) in [5, 5.41) is 17.5. The van der Waals surface area contributed by atoms with Gasteiger partial charge in [0, 0.05) is 40.9 Å². The normalized spacial score (nSPS) is 10.9. The van der Waals surface area contributed by atoms with Crippen LogP contribution in [0.4, 0.5) is 11.6 Å². The zero-order valence-corrected chi connectivity index (χ0v) is 13.0. The van der Waals surface area contributed by atoms with Crippen molar-refractivity contribution in [2.75, 3.05) is 5.32 Å². The van der Waals surface area contributed by atoms with Gasteiger partial charge >= 0.3 is 0 Å². The molecular formula is C16H11ClN6O. The fourth-order valence-electron chi connectivity index (χ4n) is 2.26. The number of anilines is 2. The Balaban J connectivity index is 1.74. The van der Waals surface area contributed by atoms with Crippen molar-refractivity contribution in [1.29, 1.82) is 0 Å². The van der Waals surface area contributed by atoms with E-state index in [2.05, 4.69) is 25.4 Å². The van der Waals surface area contributed by atoms with Crippen LogP contribution in [0.3, 0.4) is 0 Å². The average Bonchev–Trinajstić information content (AvgIpc) is 3.00. The van der Waals surface area contributed by atoms with Crippen molar-refractivity contribution in [2.45, 2.75) is 0 Å². The van der Waals surface area contributed by atoms with E-state index in [9.17, 15) is 5.11 Å². The molecule has 0 saturated carbocycles. The number of aromatic hydroxyl groups is 1. The molecule has 0 atom stereocenters. The highest BCUT2D eigenvalue weighted by Crippen LogP contribution is 2.23. The van der Waals surface area contributed by atoms with Crippen molar-refractivity contribution in [3.05, 3.63) is 60.0 Å². The molecule has 0 spiro atoms. The minimum atomic E-state index is -0.0442. The Labute approximate surface area is 141 Å². The summed E-state index contributed by atoms with van der Waals surface area (Å²) in [6.07, 6.45) is 4.89. The lowest BCUT2D eigenvalue weighted by Gasteiger charge is -2.01. The molecule has 0 aliphatic carbocycles. The Bertz CT molecular complexity index is 997. The van der Waals surface area contributed by atoms with Gasteiger partial charge in [-0.25, -0.2) is 9.50 Å². The molecule has 3 heterocycles. The Kier molecular flexibility index (Phi) is 3.47. The Hall–Kier alpha value is -3.19. The van der Waals surface area contributed by atoms with Crippen molar-refractivity contribution in [3.8, 4) is 17.1 Å². The van der Waals surface area contributed by atoms with E-state index in [1.807, 2.05) is 12.1 Å². The Morgan fingerprint density at radius 3 is 2.62 bits per heavy atom. The number of benzene rings is 1. The van der Waals surface area contributed by atoms with Crippen LogP contribution in [0.15, 0.2) is 55.0 Å². The highest BCUT2D eigenvalue weighted by atomic mass is 35.5. The molecule has 0 aliphatic heterocycles. The largest absolute Gasteiger partial charge is 0.493 e.